The van der Waals surface area contributed by atoms with Gasteiger partial charge in [-0.1, -0.05) is 18.2 Å². The zero-order valence-electron chi connectivity index (χ0n) is 9.85. The van der Waals surface area contributed by atoms with Gasteiger partial charge in [0.2, 0.25) is 0 Å². The highest BCUT2D eigenvalue weighted by Crippen LogP contribution is 2.33. The van der Waals surface area contributed by atoms with E-state index in [4.69, 9.17) is 14.2 Å². The Bertz CT molecular complexity index is 389. The van der Waals surface area contributed by atoms with Crippen molar-refractivity contribution in [1.29, 1.82) is 0 Å². The lowest BCUT2D eigenvalue weighted by Crippen LogP contribution is -2.20. The van der Waals surface area contributed by atoms with Crippen LogP contribution in [0.3, 0.4) is 0 Å². The van der Waals surface area contributed by atoms with E-state index in [0.717, 1.165) is 17.7 Å². The highest BCUT2D eigenvalue weighted by atomic mass is 16.6. The van der Waals surface area contributed by atoms with Crippen molar-refractivity contribution in [1.82, 2.24) is 0 Å². The molecule has 0 radical (unpaired) electrons. The third-order valence-electron chi connectivity index (χ3n) is 2.61. The lowest BCUT2D eigenvalue weighted by molar-refractivity contribution is -0.151. The van der Waals surface area contributed by atoms with Gasteiger partial charge in [-0.2, -0.15) is 0 Å². The van der Waals surface area contributed by atoms with Crippen molar-refractivity contribution in [3.05, 3.63) is 29.8 Å². The molecule has 1 aliphatic heterocycles. The molecule has 1 aromatic rings. The van der Waals surface area contributed by atoms with Crippen LogP contribution in [0.2, 0.25) is 0 Å². The summed E-state index contributed by atoms with van der Waals surface area (Å²) in [5.74, 6) is 0.518. The van der Waals surface area contributed by atoms with Gasteiger partial charge >= 0.3 is 5.97 Å². The minimum Gasteiger partial charge on any atom is -0.493 e. The van der Waals surface area contributed by atoms with E-state index >= 15 is 0 Å². The summed E-state index contributed by atoms with van der Waals surface area (Å²) >= 11 is 0. The summed E-state index contributed by atoms with van der Waals surface area (Å²) in [6, 6.07) is 7.74. The molecule has 1 heterocycles. The summed E-state index contributed by atoms with van der Waals surface area (Å²) in [4.78, 5) is 11.2. The number of esters is 1. The molecule has 0 bridgehead atoms. The molecule has 17 heavy (non-hydrogen) atoms. The quantitative estimate of drug-likeness (QED) is 0.751. The highest BCUT2D eigenvalue weighted by Gasteiger charge is 2.22. The van der Waals surface area contributed by atoms with Gasteiger partial charge in [-0.25, -0.2) is 4.79 Å². The maximum Gasteiger partial charge on any atom is 0.332 e. The maximum atomic E-state index is 11.2. The van der Waals surface area contributed by atoms with E-state index in [9.17, 15) is 4.79 Å². The van der Waals surface area contributed by atoms with Crippen molar-refractivity contribution in [2.45, 2.75) is 19.4 Å². The molecule has 0 saturated carbocycles. The van der Waals surface area contributed by atoms with Crippen LogP contribution in [0.1, 0.15) is 25.0 Å². The molecule has 1 atom stereocenters. The molecular weight excluding hydrogens is 220 g/mol. The first kappa shape index (κ1) is 11.9. The molecular formula is C13H16O4. The molecule has 0 amide bonds. The molecule has 0 fully saturated rings. The molecule has 0 N–H and O–H groups in total. The number of hydrogen-bond acceptors (Lipinski definition) is 4. The van der Waals surface area contributed by atoms with Crippen molar-refractivity contribution < 1.29 is 19.0 Å². The fraction of sp³-hybridized carbons (Fsp3) is 0.462. The third kappa shape index (κ3) is 2.97. The van der Waals surface area contributed by atoms with E-state index in [1.807, 2.05) is 24.3 Å². The summed E-state index contributed by atoms with van der Waals surface area (Å²) in [7, 11) is 0. The lowest BCUT2D eigenvalue weighted by atomic mass is 10.0. The van der Waals surface area contributed by atoms with E-state index in [1.165, 1.54) is 0 Å². The second-order valence-electron chi connectivity index (χ2n) is 3.78. The van der Waals surface area contributed by atoms with Gasteiger partial charge in [-0.05, 0) is 13.0 Å². The van der Waals surface area contributed by atoms with E-state index in [1.54, 1.807) is 6.92 Å². The van der Waals surface area contributed by atoms with Gasteiger partial charge in [0.15, 0.2) is 0 Å². The molecule has 92 valence electrons. The first-order valence-electron chi connectivity index (χ1n) is 5.80. The topological polar surface area (TPSA) is 44.8 Å². The standard InChI is InChI=1S/C13H16O4/c1-2-15-13(14)9-17-12-7-8-16-11-6-4-3-5-10(11)12/h3-6,12H,2,7-9H2,1H3. The molecule has 1 aliphatic rings. The highest BCUT2D eigenvalue weighted by molar-refractivity contribution is 5.70. The fourth-order valence-electron chi connectivity index (χ4n) is 1.85. The first-order chi connectivity index (χ1) is 8.31. The molecule has 0 aliphatic carbocycles. The van der Waals surface area contributed by atoms with Gasteiger partial charge in [0.05, 0.1) is 19.3 Å². The number of benzene rings is 1. The predicted octanol–water partition coefficient (Wildman–Crippen LogP) is 2.09. The monoisotopic (exact) mass is 236 g/mol. The maximum absolute atomic E-state index is 11.2. The number of carbonyl (C=O) groups excluding carboxylic acids is 1. The van der Waals surface area contributed by atoms with Gasteiger partial charge in [-0.3, -0.25) is 0 Å². The second kappa shape index (κ2) is 5.68. The van der Waals surface area contributed by atoms with Crippen LogP contribution >= 0.6 is 0 Å². The Morgan fingerprint density at radius 3 is 3.12 bits per heavy atom. The largest absolute Gasteiger partial charge is 0.493 e. The summed E-state index contributed by atoms with van der Waals surface area (Å²) in [6.45, 7) is 2.77. The number of ether oxygens (including phenoxy) is 3. The zero-order chi connectivity index (χ0) is 12.1. The van der Waals surface area contributed by atoms with Crippen molar-refractivity contribution in [3.63, 3.8) is 0 Å². The van der Waals surface area contributed by atoms with Crippen LogP contribution in [0.15, 0.2) is 24.3 Å². The second-order valence-corrected chi connectivity index (χ2v) is 3.78. The lowest BCUT2D eigenvalue weighted by Gasteiger charge is -2.25. The number of hydrogen-bond donors (Lipinski definition) is 0. The zero-order valence-corrected chi connectivity index (χ0v) is 9.85. The first-order valence-corrected chi connectivity index (χ1v) is 5.80. The van der Waals surface area contributed by atoms with E-state index in [2.05, 4.69) is 0 Å². The van der Waals surface area contributed by atoms with Crippen LogP contribution in [0.4, 0.5) is 0 Å². The SMILES string of the molecule is CCOC(=O)COC1CCOc2ccccc21. The number of rotatable bonds is 4. The van der Waals surface area contributed by atoms with Crippen molar-refractivity contribution in [2.75, 3.05) is 19.8 Å². The van der Waals surface area contributed by atoms with E-state index in [-0.39, 0.29) is 18.7 Å². The fourth-order valence-corrected chi connectivity index (χ4v) is 1.85. The van der Waals surface area contributed by atoms with Crippen molar-refractivity contribution in [2.24, 2.45) is 0 Å². The molecule has 4 nitrogen and oxygen atoms in total. The molecule has 1 aromatic carbocycles. The van der Waals surface area contributed by atoms with Gasteiger partial charge in [0.1, 0.15) is 12.4 Å². The van der Waals surface area contributed by atoms with E-state index < -0.39 is 0 Å². The number of carbonyl (C=O) groups is 1. The Morgan fingerprint density at radius 1 is 1.47 bits per heavy atom. The minimum atomic E-state index is -0.323. The summed E-state index contributed by atoms with van der Waals surface area (Å²) in [6.07, 6.45) is 0.681. The van der Waals surface area contributed by atoms with Crippen LogP contribution in [0.25, 0.3) is 0 Å². The molecule has 1 unspecified atom stereocenters. The Balaban J connectivity index is 1.97. The summed E-state index contributed by atoms with van der Waals surface area (Å²) < 4.78 is 15.9. The Kier molecular flexibility index (Phi) is 3.98. The normalized spacial score (nSPS) is 18.1. The smallest absolute Gasteiger partial charge is 0.332 e. The summed E-state index contributed by atoms with van der Waals surface area (Å²) in [5.41, 5.74) is 1.00. The Labute approximate surface area is 100 Å². The number of fused-ring (bicyclic) bond motifs is 1. The molecule has 2 rings (SSSR count). The van der Waals surface area contributed by atoms with Crippen LogP contribution in [0, 0.1) is 0 Å². The van der Waals surface area contributed by atoms with Crippen LogP contribution in [-0.2, 0) is 14.3 Å². The van der Waals surface area contributed by atoms with E-state index in [0.29, 0.717) is 13.2 Å². The van der Waals surface area contributed by atoms with Gasteiger partial charge in [0, 0.05) is 12.0 Å². The van der Waals surface area contributed by atoms with Gasteiger partial charge in [-0.15, -0.1) is 0 Å². The average molecular weight is 236 g/mol. The molecule has 0 spiro atoms. The summed E-state index contributed by atoms with van der Waals surface area (Å²) in [5, 5.41) is 0. The van der Waals surface area contributed by atoms with Crippen LogP contribution in [0.5, 0.6) is 5.75 Å². The molecule has 0 aromatic heterocycles. The predicted molar refractivity (Wildman–Crippen MR) is 61.9 cm³/mol. The third-order valence-corrected chi connectivity index (χ3v) is 2.61. The van der Waals surface area contributed by atoms with Crippen LogP contribution in [-0.4, -0.2) is 25.8 Å². The van der Waals surface area contributed by atoms with Gasteiger partial charge < -0.3 is 14.2 Å². The average Bonchev–Trinajstić information content (AvgIpc) is 2.36. The van der Waals surface area contributed by atoms with Crippen molar-refractivity contribution >= 4 is 5.97 Å². The van der Waals surface area contributed by atoms with Crippen LogP contribution < -0.4 is 4.74 Å². The molecule has 4 heteroatoms. The minimum absolute atomic E-state index is 0.00710. The Hall–Kier alpha value is -1.55. The van der Waals surface area contributed by atoms with Crippen molar-refractivity contribution in [3.8, 4) is 5.75 Å². The Morgan fingerprint density at radius 2 is 2.29 bits per heavy atom. The number of para-hydroxylation sites is 1. The molecule has 0 saturated heterocycles. The van der Waals surface area contributed by atoms with Gasteiger partial charge in [0.25, 0.3) is 0 Å².